The molecule has 0 aliphatic carbocycles. The van der Waals surface area contributed by atoms with E-state index in [0.717, 1.165) is 15.8 Å². The fraction of sp³-hybridized carbons (Fsp3) is 0.0714. The van der Waals surface area contributed by atoms with E-state index in [1.165, 1.54) is 12.1 Å². The predicted molar refractivity (Wildman–Crippen MR) is 85.3 cm³/mol. The van der Waals surface area contributed by atoms with Crippen LogP contribution >= 0.6 is 11.3 Å². The summed E-state index contributed by atoms with van der Waals surface area (Å²) in [6, 6.07) is 9.63. The lowest BCUT2D eigenvalue weighted by atomic mass is 10.2. The van der Waals surface area contributed by atoms with Crippen LogP contribution in [-0.2, 0) is 16.6 Å². The van der Waals surface area contributed by atoms with Gasteiger partial charge in [0.2, 0.25) is 10.0 Å². The third-order valence-electron chi connectivity index (χ3n) is 3.22. The van der Waals surface area contributed by atoms with Gasteiger partial charge in [-0.15, -0.1) is 11.3 Å². The summed E-state index contributed by atoms with van der Waals surface area (Å²) in [6.45, 7) is 0.299. The predicted octanol–water partition coefficient (Wildman–Crippen LogP) is 2.11. The molecule has 0 radical (unpaired) electrons. The fourth-order valence-corrected chi connectivity index (χ4v) is 3.38. The molecule has 0 unspecified atom stereocenters. The van der Waals surface area contributed by atoms with Crippen molar-refractivity contribution >= 4 is 37.6 Å². The van der Waals surface area contributed by atoms with Crippen molar-refractivity contribution in [2.24, 2.45) is 5.14 Å². The Morgan fingerprint density at radius 1 is 1.18 bits per heavy atom. The molecule has 3 N–H and O–H groups in total. The molecule has 0 aliphatic rings. The van der Waals surface area contributed by atoms with Gasteiger partial charge in [-0.25, -0.2) is 18.4 Å². The van der Waals surface area contributed by atoms with E-state index in [4.69, 9.17) is 5.14 Å². The highest BCUT2D eigenvalue weighted by molar-refractivity contribution is 7.89. The number of carbonyl (C=O) groups is 1. The number of nitrogens with two attached hydrogens (primary N) is 1. The normalized spacial score (nSPS) is 11.7. The Morgan fingerprint density at radius 3 is 2.59 bits per heavy atom. The molecule has 3 rings (SSSR count). The first kappa shape index (κ1) is 14.8. The maximum atomic E-state index is 12.2. The number of nitrogens with zero attached hydrogens (tertiary/aromatic N) is 1. The van der Waals surface area contributed by atoms with Crippen LogP contribution in [0.25, 0.3) is 10.2 Å². The summed E-state index contributed by atoms with van der Waals surface area (Å²) >= 11 is 1.57. The van der Waals surface area contributed by atoms with Crippen molar-refractivity contribution < 1.29 is 13.2 Å². The zero-order valence-electron chi connectivity index (χ0n) is 11.4. The number of amides is 1. The maximum Gasteiger partial charge on any atom is 0.326 e. The Kier molecular flexibility index (Phi) is 3.73. The number of fused-ring (bicyclic) bond motifs is 1. The molecule has 8 heteroatoms. The van der Waals surface area contributed by atoms with E-state index in [1.54, 1.807) is 34.2 Å². The number of rotatable bonds is 3. The molecule has 1 amide bonds. The van der Waals surface area contributed by atoms with E-state index in [0.29, 0.717) is 6.54 Å². The van der Waals surface area contributed by atoms with E-state index in [9.17, 15) is 13.2 Å². The lowest BCUT2D eigenvalue weighted by molar-refractivity contribution is 0.243. The molecule has 1 aromatic carbocycles. The number of benzene rings is 1. The second-order valence-corrected chi connectivity index (χ2v) is 7.21. The minimum atomic E-state index is -3.69. The van der Waals surface area contributed by atoms with Crippen LogP contribution in [0.2, 0.25) is 0 Å². The quantitative estimate of drug-likeness (QED) is 0.767. The highest BCUT2D eigenvalue weighted by atomic mass is 32.2. The van der Waals surface area contributed by atoms with Gasteiger partial charge in [0.1, 0.15) is 0 Å². The molecule has 6 nitrogen and oxygen atoms in total. The van der Waals surface area contributed by atoms with Gasteiger partial charge in [0, 0.05) is 12.7 Å². The highest BCUT2D eigenvalue weighted by Gasteiger charge is 2.10. The van der Waals surface area contributed by atoms with Crippen LogP contribution in [-0.4, -0.2) is 19.0 Å². The van der Waals surface area contributed by atoms with Crippen molar-refractivity contribution in [3.63, 3.8) is 0 Å². The second-order valence-electron chi connectivity index (χ2n) is 4.70. The first-order valence-electron chi connectivity index (χ1n) is 6.40. The molecule has 0 fully saturated rings. The molecular weight excluding hydrogens is 322 g/mol. The monoisotopic (exact) mass is 335 g/mol. The number of hydrogen-bond acceptors (Lipinski definition) is 4. The first-order valence-corrected chi connectivity index (χ1v) is 8.82. The maximum absolute atomic E-state index is 12.2. The van der Waals surface area contributed by atoms with Gasteiger partial charge in [0.05, 0.1) is 15.1 Å². The van der Waals surface area contributed by atoms with E-state index in [-0.39, 0.29) is 10.9 Å². The number of aromatic nitrogens is 1. The summed E-state index contributed by atoms with van der Waals surface area (Å²) in [6.07, 6.45) is 1.72. The Bertz CT molecular complexity index is 924. The molecule has 2 heterocycles. The third kappa shape index (κ3) is 2.89. The second kappa shape index (κ2) is 5.56. The molecule has 0 bridgehead atoms. The van der Waals surface area contributed by atoms with Gasteiger partial charge in [-0.3, -0.25) is 4.57 Å². The van der Waals surface area contributed by atoms with Crippen molar-refractivity contribution in [3.8, 4) is 0 Å². The smallest absolute Gasteiger partial charge is 0.326 e. The van der Waals surface area contributed by atoms with Crippen molar-refractivity contribution in [2.75, 3.05) is 0 Å². The number of sulfonamides is 1. The molecule has 114 valence electrons. The summed E-state index contributed by atoms with van der Waals surface area (Å²) in [5.41, 5.74) is 1.65. The zero-order valence-corrected chi connectivity index (χ0v) is 13.0. The molecular formula is C14H13N3O3S2. The van der Waals surface area contributed by atoms with Crippen LogP contribution in [0.3, 0.4) is 0 Å². The largest absolute Gasteiger partial charge is 0.333 e. The lowest BCUT2D eigenvalue weighted by Gasteiger charge is -2.07. The van der Waals surface area contributed by atoms with Crippen LogP contribution in [0, 0.1) is 0 Å². The SMILES string of the molecule is NS(=O)(=O)c1ccc(CNC(=O)n2ccc3sccc32)cc1. The number of nitrogens with one attached hydrogen (secondary N) is 1. The Labute approximate surface area is 131 Å². The summed E-state index contributed by atoms with van der Waals surface area (Å²) in [5.74, 6) is 0. The van der Waals surface area contributed by atoms with Gasteiger partial charge in [-0.05, 0) is 35.2 Å². The first-order chi connectivity index (χ1) is 10.4. The highest BCUT2D eigenvalue weighted by Crippen LogP contribution is 2.21. The zero-order chi connectivity index (χ0) is 15.7. The fourth-order valence-electron chi connectivity index (χ4n) is 2.10. The molecule has 0 saturated heterocycles. The molecule has 0 saturated carbocycles. The van der Waals surface area contributed by atoms with Crippen LogP contribution in [0.15, 0.2) is 52.9 Å². The molecule has 0 spiro atoms. The van der Waals surface area contributed by atoms with Crippen LogP contribution in [0.1, 0.15) is 5.56 Å². The number of thiophene rings is 1. The average Bonchev–Trinajstić information content (AvgIpc) is 3.07. The van der Waals surface area contributed by atoms with Crippen molar-refractivity contribution in [1.29, 1.82) is 0 Å². The van der Waals surface area contributed by atoms with Crippen LogP contribution < -0.4 is 10.5 Å². The van der Waals surface area contributed by atoms with Gasteiger partial charge >= 0.3 is 6.03 Å². The number of carbonyl (C=O) groups excluding carboxylic acids is 1. The van der Waals surface area contributed by atoms with Crippen molar-refractivity contribution in [1.82, 2.24) is 9.88 Å². The Morgan fingerprint density at radius 2 is 1.91 bits per heavy atom. The Balaban J connectivity index is 1.70. The lowest BCUT2D eigenvalue weighted by Crippen LogP contribution is -2.27. The summed E-state index contributed by atoms with van der Waals surface area (Å²) in [4.78, 5) is 12.2. The standard InChI is InChI=1S/C14H13N3O3S2/c15-22(19,20)11-3-1-10(2-4-11)9-16-14(18)17-7-5-13-12(17)6-8-21-13/h1-8H,9H2,(H,16,18)(H2,15,19,20). The van der Waals surface area contributed by atoms with Crippen molar-refractivity contribution in [3.05, 3.63) is 53.5 Å². The molecule has 0 atom stereocenters. The summed E-state index contributed by atoms with van der Waals surface area (Å²) in [5, 5.41) is 9.76. The van der Waals surface area contributed by atoms with Crippen LogP contribution in [0.4, 0.5) is 4.79 Å². The Hall–Kier alpha value is -2.16. The molecule has 3 aromatic rings. The summed E-state index contributed by atoms with van der Waals surface area (Å²) in [7, 11) is -3.69. The van der Waals surface area contributed by atoms with Gasteiger partial charge in [-0.1, -0.05) is 12.1 Å². The molecule has 22 heavy (non-hydrogen) atoms. The summed E-state index contributed by atoms with van der Waals surface area (Å²) < 4.78 is 24.9. The van der Waals surface area contributed by atoms with Gasteiger partial charge < -0.3 is 5.32 Å². The topological polar surface area (TPSA) is 94.2 Å². The van der Waals surface area contributed by atoms with Gasteiger partial charge in [-0.2, -0.15) is 0 Å². The average molecular weight is 335 g/mol. The van der Waals surface area contributed by atoms with Gasteiger partial charge in [0.25, 0.3) is 0 Å². The molecule has 2 aromatic heterocycles. The van der Waals surface area contributed by atoms with E-state index in [1.807, 2.05) is 17.5 Å². The van der Waals surface area contributed by atoms with Crippen molar-refractivity contribution in [2.45, 2.75) is 11.4 Å². The molecule has 0 aliphatic heterocycles. The minimum absolute atomic E-state index is 0.0490. The minimum Gasteiger partial charge on any atom is -0.333 e. The van der Waals surface area contributed by atoms with Crippen LogP contribution in [0.5, 0.6) is 0 Å². The van der Waals surface area contributed by atoms with E-state index in [2.05, 4.69) is 5.32 Å². The van der Waals surface area contributed by atoms with E-state index >= 15 is 0 Å². The van der Waals surface area contributed by atoms with Gasteiger partial charge in [0.15, 0.2) is 0 Å². The van der Waals surface area contributed by atoms with E-state index < -0.39 is 10.0 Å². The number of hydrogen-bond donors (Lipinski definition) is 2. The number of primary sulfonamides is 1. The third-order valence-corrected chi connectivity index (χ3v) is 5.02.